The number of hydrogen-bond acceptors (Lipinski definition) is 6. The van der Waals surface area contributed by atoms with Crippen LogP contribution in [0.15, 0.2) is 76.3 Å². The molecule has 0 fully saturated rings. The van der Waals surface area contributed by atoms with Crippen LogP contribution < -0.4 is 10.2 Å². The lowest BCUT2D eigenvalue weighted by atomic mass is 10.1. The fourth-order valence-corrected chi connectivity index (χ4v) is 2.98. The van der Waals surface area contributed by atoms with Crippen LogP contribution >= 0.6 is 15.9 Å². The molecule has 144 valence electrons. The molecule has 0 unspecified atom stereocenters. The molecule has 0 aliphatic rings. The van der Waals surface area contributed by atoms with Crippen LogP contribution in [0, 0.1) is 21.4 Å². The Morgan fingerprint density at radius 2 is 1.93 bits per heavy atom. The van der Waals surface area contributed by atoms with Gasteiger partial charge in [0.15, 0.2) is 0 Å². The number of ether oxygens (including phenoxy) is 1. The van der Waals surface area contributed by atoms with Gasteiger partial charge in [-0.05, 0) is 57.9 Å². The molecular weight excluding hydrogens is 436 g/mol. The molecule has 3 aromatic carbocycles. The fourth-order valence-electron chi connectivity index (χ4n) is 2.46. The smallest absolute Gasteiger partial charge is 0.269 e. The molecule has 1 N–H and O–H groups in total. The van der Waals surface area contributed by atoms with Gasteiger partial charge in [-0.25, -0.2) is 0 Å². The van der Waals surface area contributed by atoms with E-state index in [2.05, 4.69) is 32.5 Å². The van der Waals surface area contributed by atoms with E-state index in [0.717, 1.165) is 15.6 Å². The highest BCUT2D eigenvalue weighted by molar-refractivity contribution is 9.10. The Balaban J connectivity index is 1.61. The van der Waals surface area contributed by atoms with Gasteiger partial charge in [0.05, 0.1) is 32.9 Å². The summed E-state index contributed by atoms with van der Waals surface area (Å²) in [6.45, 7) is 0.289. The zero-order chi connectivity index (χ0) is 20.6. The van der Waals surface area contributed by atoms with E-state index in [-0.39, 0.29) is 12.3 Å². The van der Waals surface area contributed by atoms with Crippen molar-refractivity contribution in [1.82, 2.24) is 0 Å². The van der Waals surface area contributed by atoms with E-state index in [1.807, 2.05) is 36.4 Å². The Bertz CT molecular complexity index is 1090. The summed E-state index contributed by atoms with van der Waals surface area (Å²) in [7, 11) is 0. The van der Waals surface area contributed by atoms with E-state index < -0.39 is 4.92 Å². The first-order valence-corrected chi connectivity index (χ1v) is 9.30. The third-order valence-electron chi connectivity index (χ3n) is 3.96. The van der Waals surface area contributed by atoms with Gasteiger partial charge in [0, 0.05) is 17.7 Å². The SMILES string of the molecule is N#Cc1ccccc1COc1ccc(C=NNc2ccc([N+](=O)[O-])cc2)cc1Br. The predicted molar refractivity (Wildman–Crippen MR) is 114 cm³/mol. The lowest BCUT2D eigenvalue weighted by Crippen LogP contribution is -1.99. The molecule has 8 heteroatoms. The van der Waals surface area contributed by atoms with Crippen LogP contribution in [0.3, 0.4) is 0 Å². The lowest BCUT2D eigenvalue weighted by Gasteiger charge is -2.10. The number of nitrogens with one attached hydrogen (secondary N) is 1. The molecule has 0 saturated carbocycles. The highest BCUT2D eigenvalue weighted by atomic mass is 79.9. The van der Waals surface area contributed by atoms with Gasteiger partial charge in [0.25, 0.3) is 5.69 Å². The molecule has 0 radical (unpaired) electrons. The Morgan fingerprint density at radius 3 is 2.62 bits per heavy atom. The van der Waals surface area contributed by atoms with Gasteiger partial charge in [-0.2, -0.15) is 10.4 Å². The highest BCUT2D eigenvalue weighted by Gasteiger charge is 2.06. The van der Waals surface area contributed by atoms with Crippen molar-refractivity contribution in [3.05, 3.63) is 98.0 Å². The van der Waals surface area contributed by atoms with Crippen molar-refractivity contribution in [1.29, 1.82) is 5.26 Å². The maximum Gasteiger partial charge on any atom is 0.269 e. The van der Waals surface area contributed by atoms with Crippen LogP contribution in [-0.4, -0.2) is 11.1 Å². The van der Waals surface area contributed by atoms with Gasteiger partial charge in [-0.1, -0.05) is 18.2 Å². The number of nitro benzene ring substituents is 1. The molecule has 0 amide bonds. The van der Waals surface area contributed by atoms with E-state index in [1.54, 1.807) is 24.4 Å². The maximum absolute atomic E-state index is 10.7. The van der Waals surface area contributed by atoms with E-state index >= 15 is 0 Å². The first-order valence-electron chi connectivity index (χ1n) is 8.50. The second-order valence-corrected chi connectivity index (χ2v) is 6.78. The fraction of sp³-hybridized carbons (Fsp3) is 0.0476. The number of nitrogens with zero attached hydrogens (tertiary/aromatic N) is 3. The summed E-state index contributed by atoms with van der Waals surface area (Å²) in [6.07, 6.45) is 1.63. The molecule has 29 heavy (non-hydrogen) atoms. The van der Waals surface area contributed by atoms with Crippen molar-refractivity contribution in [2.45, 2.75) is 6.61 Å². The van der Waals surface area contributed by atoms with Gasteiger partial charge in [0.1, 0.15) is 12.4 Å². The van der Waals surface area contributed by atoms with Crippen molar-refractivity contribution in [3.63, 3.8) is 0 Å². The van der Waals surface area contributed by atoms with Gasteiger partial charge < -0.3 is 4.74 Å². The van der Waals surface area contributed by atoms with Crippen LogP contribution in [0.2, 0.25) is 0 Å². The monoisotopic (exact) mass is 450 g/mol. The molecule has 3 rings (SSSR count). The number of hydrazone groups is 1. The van der Waals surface area contributed by atoms with E-state index in [9.17, 15) is 10.1 Å². The molecule has 0 atom stereocenters. The Hall–Kier alpha value is -3.70. The number of nitro groups is 1. The zero-order valence-corrected chi connectivity index (χ0v) is 16.7. The zero-order valence-electron chi connectivity index (χ0n) is 15.1. The summed E-state index contributed by atoms with van der Waals surface area (Å²) in [5.74, 6) is 0.651. The standard InChI is InChI=1S/C21H15BrN4O3/c22-20-11-15(13-24-25-18-6-8-19(9-7-18)26(27)28)5-10-21(20)29-14-17-4-2-1-3-16(17)12-23/h1-11,13,25H,14H2. The average molecular weight is 451 g/mol. The number of benzene rings is 3. The molecule has 0 spiro atoms. The molecule has 0 saturated heterocycles. The largest absolute Gasteiger partial charge is 0.488 e. The molecular formula is C21H15BrN4O3. The molecule has 0 aliphatic heterocycles. The van der Waals surface area contributed by atoms with Crippen molar-refractivity contribution >= 4 is 33.5 Å². The number of halogens is 1. The first kappa shape index (κ1) is 20.0. The lowest BCUT2D eigenvalue weighted by molar-refractivity contribution is -0.384. The summed E-state index contributed by atoms with van der Waals surface area (Å²) < 4.78 is 6.57. The molecule has 0 heterocycles. The quantitative estimate of drug-likeness (QED) is 0.300. The average Bonchev–Trinajstić information content (AvgIpc) is 2.73. The van der Waals surface area contributed by atoms with Gasteiger partial charge >= 0.3 is 0 Å². The first-order chi connectivity index (χ1) is 14.1. The minimum absolute atomic E-state index is 0.0245. The van der Waals surface area contributed by atoms with Gasteiger partial charge in [-0.3, -0.25) is 15.5 Å². The summed E-state index contributed by atoms with van der Waals surface area (Å²) in [4.78, 5) is 10.2. The van der Waals surface area contributed by atoms with Crippen LogP contribution in [0.1, 0.15) is 16.7 Å². The second-order valence-electron chi connectivity index (χ2n) is 5.92. The van der Waals surface area contributed by atoms with Crippen molar-refractivity contribution < 1.29 is 9.66 Å². The van der Waals surface area contributed by atoms with Crippen LogP contribution in [0.5, 0.6) is 5.75 Å². The van der Waals surface area contributed by atoms with E-state index in [1.165, 1.54) is 12.1 Å². The third kappa shape index (κ3) is 5.40. The number of nitriles is 1. The minimum atomic E-state index is -0.451. The predicted octanol–water partition coefficient (Wildman–Crippen LogP) is 5.25. The number of rotatable bonds is 7. The molecule has 7 nitrogen and oxygen atoms in total. The summed E-state index contributed by atoms with van der Waals surface area (Å²) in [6, 6.07) is 20.9. The molecule has 3 aromatic rings. The minimum Gasteiger partial charge on any atom is -0.488 e. The Labute approximate surface area is 175 Å². The topological polar surface area (TPSA) is 101 Å². The number of non-ortho nitro benzene ring substituents is 1. The van der Waals surface area contributed by atoms with Gasteiger partial charge in [0.2, 0.25) is 0 Å². The van der Waals surface area contributed by atoms with Crippen LogP contribution in [0.25, 0.3) is 0 Å². The number of anilines is 1. The van der Waals surface area contributed by atoms with Gasteiger partial charge in [-0.15, -0.1) is 0 Å². The molecule has 0 aliphatic carbocycles. The van der Waals surface area contributed by atoms with Crippen molar-refractivity contribution in [3.8, 4) is 11.8 Å². The van der Waals surface area contributed by atoms with E-state index in [4.69, 9.17) is 10.00 Å². The Morgan fingerprint density at radius 1 is 1.17 bits per heavy atom. The van der Waals surface area contributed by atoms with E-state index in [0.29, 0.717) is 17.0 Å². The summed E-state index contributed by atoms with van der Waals surface area (Å²) >= 11 is 3.48. The van der Waals surface area contributed by atoms with Crippen LogP contribution in [0.4, 0.5) is 11.4 Å². The normalized spacial score (nSPS) is 10.5. The summed E-state index contributed by atoms with van der Waals surface area (Å²) in [5, 5.41) is 23.9. The molecule has 0 bridgehead atoms. The second kappa shape index (κ2) is 9.48. The van der Waals surface area contributed by atoms with Crippen molar-refractivity contribution in [2.75, 3.05) is 5.43 Å². The third-order valence-corrected chi connectivity index (χ3v) is 4.58. The Kier molecular flexibility index (Phi) is 6.55. The summed E-state index contributed by atoms with van der Waals surface area (Å²) in [5.41, 5.74) is 5.72. The maximum atomic E-state index is 10.7. The molecule has 0 aromatic heterocycles. The van der Waals surface area contributed by atoms with Crippen LogP contribution in [-0.2, 0) is 6.61 Å². The highest BCUT2D eigenvalue weighted by Crippen LogP contribution is 2.27. The number of hydrogen-bond donors (Lipinski definition) is 1. The van der Waals surface area contributed by atoms with Crippen molar-refractivity contribution in [2.24, 2.45) is 5.10 Å².